The van der Waals surface area contributed by atoms with Gasteiger partial charge in [-0.15, -0.1) is 0 Å². The van der Waals surface area contributed by atoms with Gasteiger partial charge >= 0.3 is 0 Å². The number of Topliss-reactive ketones (excluding diaryl/α,β-unsaturated/α-hetero) is 4. The maximum Gasteiger partial charge on any atom is 0.203 e. The first-order valence-electron chi connectivity index (χ1n) is 12.1. The lowest BCUT2D eigenvalue weighted by molar-refractivity contribution is -0.178. The lowest BCUT2D eigenvalue weighted by atomic mass is 9.43. The van der Waals surface area contributed by atoms with Crippen LogP contribution in [0, 0.1) is 34.5 Å². The molecule has 1 aromatic rings. The highest BCUT2D eigenvalue weighted by Gasteiger charge is 2.72. The van der Waals surface area contributed by atoms with Gasteiger partial charge in [0.1, 0.15) is 22.8 Å². The molecule has 194 valence electrons. The predicted molar refractivity (Wildman–Crippen MR) is 133 cm³/mol. The van der Waals surface area contributed by atoms with Crippen molar-refractivity contribution in [1.82, 2.24) is 0 Å². The Morgan fingerprint density at radius 1 is 1.08 bits per heavy atom. The third-order valence-electron chi connectivity index (χ3n) is 8.26. The molecule has 1 saturated carbocycles. The van der Waals surface area contributed by atoms with Gasteiger partial charge in [0.2, 0.25) is 11.6 Å². The van der Waals surface area contributed by atoms with Crippen molar-refractivity contribution in [1.29, 1.82) is 0 Å². The fraction of sp³-hybridized carbons (Fsp3) is 0.448. The number of hydrogen-bond acceptors (Lipinski definition) is 8. The van der Waals surface area contributed by atoms with Gasteiger partial charge in [0.05, 0.1) is 5.56 Å². The van der Waals surface area contributed by atoms with E-state index >= 15 is 0 Å². The van der Waals surface area contributed by atoms with Crippen LogP contribution in [0.1, 0.15) is 64.7 Å². The topological polar surface area (TPSA) is 149 Å². The van der Waals surface area contributed by atoms with Crippen LogP contribution in [-0.4, -0.2) is 49.2 Å². The van der Waals surface area contributed by atoms with E-state index in [0.717, 1.165) is 6.92 Å². The zero-order chi connectivity index (χ0) is 27.8. The van der Waals surface area contributed by atoms with E-state index in [1.807, 2.05) is 0 Å². The number of hydrogen-bond donors (Lipinski definition) is 4. The van der Waals surface area contributed by atoms with E-state index < -0.39 is 62.7 Å². The zero-order valence-corrected chi connectivity index (χ0v) is 21.6. The molecule has 3 aliphatic carbocycles. The zero-order valence-electron chi connectivity index (χ0n) is 21.6. The summed E-state index contributed by atoms with van der Waals surface area (Å²) < 4.78 is 0. The van der Waals surface area contributed by atoms with Gasteiger partial charge in [-0.1, -0.05) is 33.6 Å². The number of aliphatic hydroxyl groups is 3. The monoisotopic (exact) mass is 506 g/mol. The molecule has 37 heavy (non-hydrogen) atoms. The number of aromatic hydroxyl groups is 1. The van der Waals surface area contributed by atoms with Crippen molar-refractivity contribution in [3.63, 3.8) is 0 Å². The number of ketones is 4. The molecule has 4 atom stereocenters. The molecule has 1 aromatic carbocycles. The van der Waals surface area contributed by atoms with Crippen molar-refractivity contribution < 1.29 is 39.6 Å². The Morgan fingerprint density at radius 2 is 1.70 bits per heavy atom. The summed E-state index contributed by atoms with van der Waals surface area (Å²) in [7, 11) is 0. The van der Waals surface area contributed by atoms with Crippen LogP contribution in [0.3, 0.4) is 0 Å². The molecular formula is C29H30O8. The largest absolute Gasteiger partial charge is 0.508 e. The van der Waals surface area contributed by atoms with Crippen LogP contribution < -0.4 is 0 Å². The number of benzene rings is 1. The Hall–Kier alpha value is -3.70. The van der Waals surface area contributed by atoms with Crippen LogP contribution in [0.2, 0.25) is 0 Å². The van der Waals surface area contributed by atoms with Crippen LogP contribution in [0.5, 0.6) is 5.75 Å². The molecule has 8 nitrogen and oxygen atoms in total. The number of phenolic OH excluding ortho intramolecular Hbond substituents is 1. The molecule has 1 unspecified atom stereocenters. The molecule has 0 bridgehead atoms. The van der Waals surface area contributed by atoms with Crippen LogP contribution in [0.25, 0.3) is 5.76 Å². The summed E-state index contributed by atoms with van der Waals surface area (Å²) in [5.74, 6) is -0.904. The SMILES string of the molecule is CC(=O)C#Cc1ccc(O)c2c1C[C@]1(C)C[C@]3(C)C(C(C)C)C(=O)C(C(C)=O)=C(O)[C@]3(O)C(=O)C1=C2O. The number of carbonyl (C=O) groups is 4. The standard InChI is InChI=1S/C29H30O8/c1-13(2)21-23(33)19(15(4)31)25(35)29(37)26(36)22-24(34)20-17(11-27(22,5)12-28(21,29)6)16(8-7-14(3)30)9-10-18(20)32/h9-10,13,21,32,34-35,37H,11-12H2,1-6H3/t21?,27-,28-,29+/m1/s1. The fourth-order valence-electron chi connectivity index (χ4n) is 6.99. The third kappa shape index (κ3) is 3.33. The highest BCUT2D eigenvalue weighted by molar-refractivity contribution is 6.24. The quantitative estimate of drug-likeness (QED) is 0.353. The summed E-state index contributed by atoms with van der Waals surface area (Å²) in [6.45, 7) is 9.13. The molecule has 0 heterocycles. The number of fused-ring (bicyclic) bond motifs is 3. The molecule has 8 heteroatoms. The number of phenols is 1. The van der Waals surface area contributed by atoms with E-state index in [2.05, 4.69) is 11.8 Å². The van der Waals surface area contributed by atoms with Gasteiger partial charge in [0.15, 0.2) is 17.2 Å². The summed E-state index contributed by atoms with van der Waals surface area (Å²) >= 11 is 0. The van der Waals surface area contributed by atoms with Crippen molar-refractivity contribution >= 4 is 28.9 Å². The maximum absolute atomic E-state index is 14.2. The Labute approximate surface area is 214 Å². The summed E-state index contributed by atoms with van der Waals surface area (Å²) in [5, 5.41) is 45.2. The minimum absolute atomic E-state index is 0.0138. The second kappa shape index (κ2) is 8.15. The van der Waals surface area contributed by atoms with E-state index in [0.29, 0.717) is 11.1 Å². The second-order valence-electron chi connectivity index (χ2n) is 11.3. The van der Waals surface area contributed by atoms with E-state index in [-0.39, 0.29) is 35.5 Å². The van der Waals surface area contributed by atoms with Gasteiger partial charge < -0.3 is 20.4 Å². The minimum Gasteiger partial charge on any atom is -0.508 e. The molecule has 0 amide bonds. The van der Waals surface area contributed by atoms with Gasteiger partial charge in [-0.3, -0.25) is 19.2 Å². The average molecular weight is 507 g/mol. The molecule has 4 rings (SSSR count). The fourth-order valence-corrected chi connectivity index (χ4v) is 6.99. The molecular weight excluding hydrogens is 476 g/mol. The highest BCUT2D eigenvalue weighted by Crippen LogP contribution is 2.65. The van der Waals surface area contributed by atoms with E-state index in [1.165, 1.54) is 19.1 Å². The van der Waals surface area contributed by atoms with Gasteiger partial charge in [0, 0.05) is 34.8 Å². The van der Waals surface area contributed by atoms with Crippen LogP contribution >= 0.6 is 0 Å². The van der Waals surface area contributed by atoms with Crippen molar-refractivity contribution in [3.05, 3.63) is 45.7 Å². The average Bonchev–Trinajstić information content (AvgIpc) is 2.75. The Morgan fingerprint density at radius 3 is 2.24 bits per heavy atom. The Kier molecular flexibility index (Phi) is 5.81. The second-order valence-corrected chi connectivity index (χ2v) is 11.3. The summed E-state index contributed by atoms with van der Waals surface area (Å²) in [6, 6.07) is 2.80. The van der Waals surface area contributed by atoms with Crippen LogP contribution in [-0.2, 0) is 25.6 Å². The molecule has 0 aromatic heterocycles. The van der Waals surface area contributed by atoms with E-state index in [1.54, 1.807) is 27.7 Å². The number of allylic oxidation sites excluding steroid dienone is 1. The lowest BCUT2D eigenvalue weighted by Crippen LogP contribution is -2.69. The van der Waals surface area contributed by atoms with Crippen molar-refractivity contribution in [2.24, 2.45) is 22.7 Å². The lowest BCUT2D eigenvalue weighted by Gasteiger charge is -2.59. The predicted octanol–water partition coefficient (Wildman–Crippen LogP) is 3.13. The van der Waals surface area contributed by atoms with Crippen molar-refractivity contribution in [2.45, 2.75) is 60.0 Å². The third-order valence-corrected chi connectivity index (χ3v) is 8.26. The molecule has 0 saturated heterocycles. The molecule has 4 N–H and O–H groups in total. The minimum atomic E-state index is -2.65. The van der Waals surface area contributed by atoms with Crippen molar-refractivity contribution in [2.75, 3.05) is 0 Å². The van der Waals surface area contributed by atoms with Gasteiger partial charge in [0.25, 0.3) is 0 Å². The molecule has 3 aliphatic rings. The van der Waals surface area contributed by atoms with Crippen molar-refractivity contribution in [3.8, 4) is 17.6 Å². The number of rotatable bonds is 2. The van der Waals surface area contributed by atoms with Gasteiger partial charge in [-0.25, -0.2) is 0 Å². The summed E-state index contributed by atoms with van der Waals surface area (Å²) in [6.07, 6.45) is 0.0820. The first-order valence-corrected chi connectivity index (χ1v) is 12.1. The molecule has 0 spiro atoms. The number of aliphatic hydroxyl groups excluding tert-OH is 2. The summed E-state index contributed by atoms with van der Waals surface area (Å²) in [4.78, 5) is 51.5. The van der Waals surface area contributed by atoms with Gasteiger partial charge in [-0.05, 0) is 49.3 Å². The van der Waals surface area contributed by atoms with Crippen LogP contribution in [0.15, 0.2) is 29.0 Å². The first kappa shape index (κ1) is 26.4. The van der Waals surface area contributed by atoms with E-state index in [9.17, 15) is 39.6 Å². The molecule has 1 fully saturated rings. The first-order chi connectivity index (χ1) is 17.0. The molecule has 0 aliphatic heterocycles. The Balaban J connectivity index is 2.08. The van der Waals surface area contributed by atoms with Crippen LogP contribution in [0.4, 0.5) is 0 Å². The smallest absolute Gasteiger partial charge is 0.203 e. The normalized spacial score (nSPS) is 30.9. The molecule has 0 radical (unpaired) electrons. The van der Waals surface area contributed by atoms with Gasteiger partial charge in [-0.2, -0.15) is 0 Å². The highest BCUT2D eigenvalue weighted by atomic mass is 16.3. The maximum atomic E-state index is 14.2. The Bertz CT molecular complexity index is 1430. The summed E-state index contributed by atoms with van der Waals surface area (Å²) in [5.41, 5.74) is -5.39. The van der Waals surface area contributed by atoms with E-state index in [4.69, 9.17) is 0 Å². The number of carbonyl (C=O) groups excluding carboxylic acids is 4.